The number of hydrogen-bond donors (Lipinski definition) is 0. The molecule has 0 amide bonds. The van der Waals surface area contributed by atoms with Gasteiger partial charge >= 0.3 is 5.97 Å². The lowest BCUT2D eigenvalue weighted by atomic mass is 10.00. The highest BCUT2D eigenvalue weighted by atomic mass is 16.7. The molecule has 3 aliphatic rings. The van der Waals surface area contributed by atoms with Crippen molar-refractivity contribution in [1.82, 2.24) is 0 Å². The molecule has 3 heterocycles. The summed E-state index contributed by atoms with van der Waals surface area (Å²) in [6.07, 6.45) is 0.446. The van der Waals surface area contributed by atoms with Gasteiger partial charge in [-0.05, 0) is 6.92 Å². The van der Waals surface area contributed by atoms with Crippen molar-refractivity contribution in [1.29, 1.82) is 0 Å². The molecule has 4 nitrogen and oxygen atoms in total. The molecule has 3 rings (SSSR count). The molecule has 0 aromatic rings. The Morgan fingerprint density at radius 2 is 2.42 bits per heavy atom. The Morgan fingerprint density at radius 3 is 3.25 bits per heavy atom. The zero-order chi connectivity index (χ0) is 8.34. The summed E-state index contributed by atoms with van der Waals surface area (Å²) in [6, 6.07) is 0. The molecule has 2 bridgehead atoms. The third-order valence-electron chi connectivity index (χ3n) is 2.86. The van der Waals surface area contributed by atoms with Crippen LogP contribution >= 0.6 is 0 Å². The van der Waals surface area contributed by atoms with Gasteiger partial charge in [0.05, 0.1) is 12.5 Å². The molecule has 0 saturated carbocycles. The molecule has 12 heavy (non-hydrogen) atoms. The molecule has 0 aromatic carbocycles. The summed E-state index contributed by atoms with van der Waals surface area (Å²) in [4.78, 5) is 11.2. The zero-order valence-electron chi connectivity index (χ0n) is 6.78. The molecule has 4 atom stereocenters. The molecule has 0 N–H and O–H groups in total. The molecule has 0 spiro atoms. The van der Waals surface area contributed by atoms with E-state index < -0.39 is 5.79 Å². The van der Waals surface area contributed by atoms with E-state index >= 15 is 0 Å². The molecular formula is C8H10O4. The second-order valence-electron chi connectivity index (χ2n) is 3.81. The van der Waals surface area contributed by atoms with Crippen molar-refractivity contribution < 1.29 is 19.0 Å². The molecule has 66 valence electrons. The lowest BCUT2D eigenvalue weighted by Crippen LogP contribution is -2.43. The van der Waals surface area contributed by atoms with Crippen LogP contribution in [0.3, 0.4) is 0 Å². The van der Waals surface area contributed by atoms with Crippen LogP contribution in [0.4, 0.5) is 0 Å². The molecule has 3 fully saturated rings. The maximum Gasteiger partial charge on any atom is 0.312 e. The highest BCUT2D eigenvalue weighted by Gasteiger charge is 2.60. The molecule has 0 radical (unpaired) electrons. The van der Waals surface area contributed by atoms with E-state index in [2.05, 4.69) is 0 Å². The van der Waals surface area contributed by atoms with Gasteiger partial charge in [-0.2, -0.15) is 0 Å². The Morgan fingerprint density at radius 1 is 1.58 bits per heavy atom. The first kappa shape index (κ1) is 6.86. The average molecular weight is 170 g/mol. The summed E-state index contributed by atoms with van der Waals surface area (Å²) in [5.74, 6) is -0.717. The molecule has 0 aromatic heterocycles. The standard InChI is InChI=1S/C8H10O4/c1-8-2-4-6(12-8)5(3-10-8)11-7(4)9/h4-6H,2-3H2,1H3. The van der Waals surface area contributed by atoms with Crippen LogP contribution in [0.15, 0.2) is 0 Å². The zero-order valence-corrected chi connectivity index (χ0v) is 6.78. The Bertz CT molecular complexity index is 251. The minimum absolute atomic E-state index is 0.0451. The summed E-state index contributed by atoms with van der Waals surface area (Å²) < 4.78 is 16.1. The van der Waals surface area contributed by atoms with Crippen LogP contribution in [0.5, 0.6) is 0 Å². The normalized spacial score (nSPS) is 55.8. The predicted octanol–water partition coefficient (Wildman–Crippen LogP) is 0.0633. The van der Waals surface area contributed by atoms with Gasteiger partial charge in [0.1, 0.15) is 6.10 Å². The summed E-state index contributed by atoms with van der Waals surface area (Å²) in [6.45, 7) is 2.37. The largest absolute Gasteiger partial charge is 0.457 e. The van der Waals surface area contributed by atoms with E-state index in [9.17, 15) is 4.79 Å². The van der Waals surface area contributed by atoms with Crippen LogP contribution in [0.2, 0.25) is 0 Å². The summed E-state index contributed by atoms with van der Waals surface area (Å²) in [5.41, 5.74) is 0. The third kappa shape index (κ3) is 0.671. The SMILES string of the molecule is CC12CC3C(=O)OC(CO1)C3O2. The van der Waals surface area contributed by atoms with Crippen molar-refractivity contribution in [2.24, 2.45) is 5.92 Å². The van der Waals surface area contributed by atoms with Gasteiger partial charge in [0, 0.05) is 6.42 Å². The quantitative estimate of drug-likeness (QED) is 0.482. The van der Waals surface area contributed by atoms with E-state index in [-0.39, 0.29) is 24.1 Å². The van der Waals surface area contributed by atoms with E-state index in [0.29, 0.717) is 13.0 Å². The third-order valence-corrected chi connectivity index (χ3v) is 2.86. The molecule has 0 aliphatic carbocycles. The minimum atomic E-state index is -0.523. The van der Waals surface area contributed by atoms with Crippen LogP contribution in [-0.4, -0.2) is 30.6 Å². The van der Waals surface area contributed by atoms with Crippen LogP contribution in [-0.2, 0) is 19.0 Å². The van der Waals surface area contributed by atoms with Crippen molar-refractivity contribution in [3.05, 3.63) is 0 Å². The monoisotopic (exact) mass is 170 g/mol. The van der Waals surface area contributed by atoms with Gasteiger partial charge in [0.25, 0.3) is 0 Å². The number of fused-ring (bicyclic) bond motifs is 1. The highest BCUT2D eigenvalue weighted by Crippen LogP contribution is 2.46. The topological polar surface area (TPSA) is 44.8 Å². The molecule has 4 heteroatoms. The molecule has 4 unspecified atom stereocenters. The van der Waals surface area contributed by atoms with Crippen molar-refractivity contribution in [2.75, 3.05) is 6.61 Å². The Balaban J connectivity index is 2.00. The lowest BCUT2D eigenvalue weighted by molar-refractivity contribution is -0.275. The maximum atomic E-state index is 11.2. The fraction of sp³-hybridized carbons (Fsp3) is 0.875. The first-order valence-corrected chi connectivity index (χ1v) is 4.20. The van der Waals surface area contributed by atoms with Gasteiger partial charge in [-0.3, -0.25) is 4.79 Å². The Hall–Kier alpha value is -0.610. The fourth-order valence-electron chi connectivity index (χ4n) is 2.27. The van der Waals surface area contributed by atoms with Crippen molar-refractivity contribution in [2.45, 2.75) is 31.3 Å². The first-order valence-electron chi connectivity index (χ1n) is 4.20. The predicted molar refractivity (Wildman–Crippen MR) is 37.2 cm³/mol. The van der Waals surface area contributed by atoms with Gasteiger partial charge in [-0.1, -0.05) is 0 Å². The summed E-state index contributed by atoms with van der Waals surface area (Å²) in [7, 11) is 0. The number of carbonyl (C=O) groups excluding carboxylic acids is 1. The van der Waals surface area contributed by atoms with Crippen LogP contribution < -0.4 is 0 Å². The second kappa shape index (κ2) is 1.83. The maximum absolute atomic E-state index is 11.2. The van der Waals surface area contributed by atoms with Gasteiger partial charge in [0.2, 0.25) is 0 Å². The van der Waals surface area contributed by atoms with Gasteiger partial charge in [-0.15, -0.1) is 0 Å². The van der Waals surface area contributed by atoms with Crippen LogP contribution in [0, 0.1) is 5.92 Å². The number of ether oxygens (including phenoxy) is 3. The van der Waals surface area contributed by atoms with Crippen LogP contribution in [0.1, 0.15) is 13.3 Å². The molecular weight excluding hydrogens is 160 g/mol. The van der Waals surface area contributed by atoms with Gasteiger partial charge in [0.15, 0.2) is 11.9 Å². The van der Waals surface area contributed by atoms with Crippen molar-refractivity contribution in [3.63, 3.8) is 0 Å². The van der Waals surface area contributed by atoms with E-state index in [1.54, 1.807) is 0 Å². The Kier molecular flexibility index (Phi) is 1.04. The van der Waals surface area contributed by atoms with E-state index in [0.717, 1.165) is 0 Å². The number of esters is 1. The molecule has 3 aliphatic heterocycles. The van der Waals surface area contributed by atoms with E-state index in [1.807, 2.05) is 6.92 Å². The number of rotatable bonds is 0. The minimum Gasteiger partial charge on any atom is -0.457 e. The lowest BCUT2D eigenvalue weighted by Gasteiger charge is -2.33. The van der Waals surface area contributed by atoms with Gasteiger partial charge in [-0.25, -0.2) is 0 Å². The Labute approximate surface area is 69.8 Å². The number of carbonyl (C=O) groups is 1. The van der Waals surface area contributed by atoms with E-state index in [4.69, 9.17) is 14.2 Å². The van der Waals surface area contributed by atoms with Crippen LogP contribution in [0.25, 0.3) is 0 Å². The van der Waals surface area contributed by atoms with Crippen molar-refractivity contribution in [3.8, 4) is 0 Å². The highest BCUT2D eigenvalue weighted by molar-refractivity contribution is 5.76. The van der Waals surface area contributed by atoms with Crippen molar-refractivity contribution >= 4 is 5.97 Å². The number of hydrogen-bond acceptors (Lipinski definition) is 4. The molecule has 3 saturated heterocycles. The summed E-state index contributed by atoms with van der Waals surface area (Å²) >= 11 is 0. The first-order chi connectivity index (χ1) is 5.68. The van der Waals surface area contributed by atoms with E-state index in [1.165, 1.54) is 0 Å². The average Bonchev–Trinajstić information content (AvgIpc) is 2.43. The second-order valence-corrected chi connectivity index (χ2v) is 3.81. The smallest absolute Gasteiger partial charge is 0.312 e. The van der Waals surface area contributed by atoms with Gasteiger partial charge < -0.3 is 14.2 Å². The summed E-state index contributed by atoms with van der Waals surface area (Å²) in [5, 5.41) is 0. The fourth-order valence-corrected chi connectivity index (χ4v) is 2.27.